The second kappa shape index (κ2) is 13.4. The summed E-state index contributed by atoms with van der Waals surface area (Å²) in [5.74, 6) is 5.60. The van der Waals surface area contributed by atoms with Crippen LogP contribution >= 0.6 is 0 Å². The van der Waals surface area contributed by atoms with E-state index in [0.29, 0.717) is 0 Å². The van der Waals surface area contributed by atoms with Crippen LogP contribution in [0.15, 0.2) is 24.3 Å². The number of aliphatic hydroxyl groups excluding tert-OH is 2. The van der Waals surface area contributed by atoms with E-state index in [0.717, 1.165) is 0 Å². The van der Waals surface area contributed by atoms with Gasteiger partial charge in [0.2, 0.25) is 0 Å². The van der Waals surface area contributed by atoms with Gasteiger partial charge in [0.15, 0.2) is 0 Å². The number of hydrogen-bond acceptors (Lipinski definition) is 2. The van der Waals surface area contributed by atoms with Crippen LogP contribution in [0.2, 0.25) is 0 Å². The molecule has 1 aromatic rings. The van der Waals surface area contributed by atoms with E-state index in [9.17, 15) is 0 Å². The SMILES string of the molecule is CC(C)C#CO.CC(C)C#CO.Cc1ccc(C)cc1. The highest BCUT2D eigenvalue weighted by molar-refractivity contribution is 5.19. The minimum Gasteiger partial charge on any atom is -0.462 e. The average Bonchev–Trinajstić information content (AvgIpc) is 2.34. The zero-order valence-corrected chi connectivity index (χ0v) is 13.4. The topological polar surface area (TPSA) is 40.5 Å². The fourth-order valence-electron chi connectivity index (χ4n) is 0.895. The lowest BCUT2D eigenvalue weighted by atomic mass is 10.2. The number of aliphatic hydroxyl groups is 2. The largest absolute Gasteiger partial charge is 0.462 e. The van der Waals surface area contributed by atoms with Crippen molar-refractivity contribution >= 4 is 0 Å². The summed E-state index contributed by atoms with van der Waals surface area (Å²) >= 11 is 0. The average molecular weight is 274 g/mol. The van der Waals surface area contributed by atoms with Crippen LogP contribution in [-0.2, 0) is 0 Å². The molecular weight excluding hydrogens is 248 g/mol. The Morgan fingerprint density at radius 1 is 0.700 bits per heavy atom. The predicted octanol–water partition coefficient (Wildman–Crippen LogP) is 4.26. The molecule has 0 aliphatic carbocycles. The van der Waals surface area contributed by atoms with Gasteiger partial charge in [-0.3, -0.25) is 0 Å². The van der Waals surface area contributed by atoms with E-state index in [1.54, 1.807) is 0 Å². The van der Waals surface area contributed by atoms with Crippen molar-refractivity contribution in [1.29, 1.82) is 0 Å². The zero-order valence-electron chi connectivity index (χ0n) is 13.4. The lowest BCUT2D eigenvalue weighted by molar-refractivity contribution is 0.514. The van der Waals surface area contributed by atoms with E-state index >= 15 is 0 Å². The molecule has 110 valence electrons. The van der Waals surface area contributed by atoms with Crippen molar-refractivity contribution < 1.29 is 10.2 Å². The molecule has 0 spiro atoms. The molecule has 0 radical (unpaired) electrons. The Morgan fingerprint density at radius 2 is 0.950 bits per heavy atom. The third-order valence-electron chi connectivity index (χ3n) is 1.92. The molecule has 2 heteroatoms. The van der Waals surface area contributed by atoms with Crippen LogP contribution in [0.4, 0.5) is 0 Å². The van der Waals surface area contributed by atoms with Gasteiger partial charge in [0, 0.05) is 11.8 Å². The summed E-state index contributed by atoms with van der Waals surface area (Å²) in [6.45, 7) is 11.9. The maximum Gasteiger partial charge on any atom is 0.107 e. The first-order valence-electron chi connectivity index (χ1n) is 6.66. The van der Waals surface area contributed by atoms with Crippen LogP contribution in [0.5, 0.6) is 0 Å². The number of aryl methyl sites for hydroxylation is 2. The highest BCUT2D eigenvalue weighted by atomic mass is 16.2. The Bertz CT molecular complexity index is 403. The molecule has 0 amide bonds. The van der Waals surface area contributed by atoms with Gasteiger partial charge >= 0.3 is 0 Å². The molecule has 0 aliphatic heterocycles. The molecule has 0 heterocycles. The second-order valence-electron chi connectivity index (χ2n) is 4.98. The maximum absolute atomic E-state index is 7.88. The highest BCUT2D eigenvalue weighted by Crippen LogP contribution is 1.99. The Morgan fingerprint density at radius 3 is 1.05 bits per heavy atom. The molecule has 20 heavy (non-hydrogen) atoms. The van der Waals surface area contributed by atoms with Gasteiger partial charge in [-0.2, -0.15) is 0 Å². The van der Waals surface area contributed by atoms with Crippen LogP contribution in [0.1, 0.15) is 38.8 Å². The third-order valence-corrected chi connectivity index (χ3v) is 1.92. The summed E-state index contributed by atoms with van der Waals surface area (Å²) in [5, 5.41) is 15.8. The van der Waals surface area contributed by atoms with E-state index in [1.807, 2.05) is 39.9 Å². The van der Waals surface area contributed by atoms with Crippen LogP contribution in [0.25, 0.3) is 0 Å². The molecule has 0 aliphatic rings. The molecule has 1 rings (SSSR count). The molecule has 0 fully saturated rings. The van der Waals surface area contributed by atoms with E-state index < -0.39 is 0 Å². The normalized spacial score (nSPS) is 8.00. The van der Waals surface area contributed by atoms with Crippen molar-refractivity contribution in [2.24, 2.45) is 11.8 Å². The standard InChI is InChI=1S/C8H10.2C5H8O/c1-7-3-5-8(2)6-4-7;2*1-5(2)3-4-6/h3-6H,1-2H3;2*5-6H,1-2H3. The molecule has 0 saturated heterocycles. The fourth-order valence-corrected chi connectivity index (χ4v) is 0.895. The summed E-state index contributed by atoms with van der Waals surface area (Å²) in [5.41, 5.74) is 2.66. The number of rotatable bonds is 0. The Balaban J connectivity index is 0. The minimum atomic E-state index is 0.287. The second-order valence-corrected chi connectivity index (χ2v) is 4.98. The van der Waals surface area contributed by atoms with Crippen LogP contribution in [0, 0.1) is 49.7 Å². The molecule has 1 aromatic carbocycles. The van der Waals surface area contributed by atoms with Gasteiger partial charge in [-0.25, -0.2) is 0 Å². The van der Waals surface area contributed by atoms with Crippen molar-refractivity contribution in [3.8, 4) is 24.1 Å². The predicted molar refractivity (Wildman–Crippen MR) is 85.0 cm³/mol. The summed E-state index contributed by atoms with van der Waals surface area (Å²) in [6, 6.07) is 8.48. The summed E-state index contributed by atoms with van der Waals surface area (Å²) in [6.07, 6.45) is 3.63. The van der Waals surface area contributed by atoms with Gasteiger partial charge in [0.25, 0.3) is 0 Å². The van der Waals surface area contributed by atoms with Crippen molar-refractivity contribution in [3.63, 3.8) is 0 Å². The fraction of sp³-hybridized carbons (Fsp3) is 0.444. The Kier molecular flexibility index (Phi) is 13.5. The summed E-state index contributed by atoms with van der Waals surface area (Å²) in [4.78, 5) is 0. The first-order chi connectivity index (χ1) is 9.33. The van der Waals surface area contributed by atoms with Gasteiger partial charge < -0.3 is 10.2 Å². The molecular formula is C18H26O2. The molecule has 0 saturated carbocycles. The monoisotopic (exact) mass is 274 g/mol. The molecule has 0 aromatic heterocycles. The van der Waals surface area contributed by atoms with E-state index in [2.05, 4.69) is 50.0 Å². The van der Waals surface area contributed by atoms with Gasteiger partial charge in [0.05, 0.1) is 0 Å². The lowest BCUT2D eigenvalue weighted by Gasteiger charge is -1.90. The van der Waals surface area contributed by atoms with Crippen LogP contribution < -0.4 is 0 Å². The highest BCUT2D eigenvalue weighted by Gasteiger charge is 1.80. The first kappa shape index (κ1) is 20.3. The Labute approximate surface area is 123 Å². The van der Waals surface area contributed by atoms with Crippen molar-refractivity contribution in [1.82, 2.24) is 0 Å². The van der Waals surface area contributed by atoms with E-state index in [-0.39, 0.29) is 11.8 Å². The quantitative estimate of drug-likeness (QED) is 0.694. The molecule has 2 nitrogen and oxygen atoms in total. The third kappa shape index (κ3) is 18.3. The number of hydrogen-bond donors (Lipinski definition) is 2. The van der Waals surface area contributed by atoms with Crippen molar-refractivity contribution in [2.75, 3.05) is 0 Å². The van der Waals surface area contributed by atoms with Gasteiger partial charge in [-0.15, -0.1) is 0 Å². The van der Waals surface area contributed by atoms with Gasteiger partial charge in [-0.05, 0) is 13.8 Å². The van der Waals surface area contributed by atoms with Gasteiger partial charge in [0.1, 0.15) is 12.2 Å². The van der Waals surface area contributed by atoms with Gasteiger partial charge in [-0.1, -0.05) is 74.9 Å². The maximum atomic E-state index is 7.88. The zero-order chi connectivity index (χ0) is 16.0. The van der Waals surface area contributed by atoms with E-state index in [1.165, 1.54) is 11.1 Å². The van der Waals surface area contributed by atoms with E-state index in [4.69, 9.17) is 10.2 Å². The lowest BCUT2D eigenvalue weighted by Crippen LogP contribution is -1.75. The smallest absolute Gasteiger partial charge is 0.107 e. The Hall–Kier alpha value is -2.06. The number of benzene rings is 1. The summed E-state index contributed by atoms with van der Waals surface area (Å²) in [7, 11) is 0. The molecule has 0 atom stereocenters. The van der Waals surface area contributed by atoms with Crippen molar-refractivity contribution in [3.05, 3.63) is 35.4 Å². The molecule has 0 bridgehead atoms. The first-order valence-corrected chi connectivity index (χ1v) is 6.66. The van der Waals surface area contributed by atoms with Crippen LogP contribution in [0.3, 0.4) is 0 Å². The molecule has 0 unspecified atom stereocenters. The summed E-state index contributed by atoms with van der Waals surface area (Å²) < 4.78 is 0. The molecule has 2 N–H and O–H groups in total. The van der Waals surface area contributed by atoms with Crippen molar-refractivity contribution in [2.45, 2.75) is 41.5 Å². The van der Waals surface area contributed by atoms with Crippen LogP contribution in [-0.4, -0.2) is 10.2 Å². The minimum absolute atomic E-state index is 0.287.